The molecule has 0 aromatic heterocycles. The van der Waals surface area contributed by atoms with Crippen molar-refractivity contribution >= 4 is 11.9 Å². The summed E-state index contributed by atoms with van der Waals surface area (Å²) >= 11 is 0. The van der Waals surface area contributed by atoms with Crippen LogP contribution in [0.25, 0.3) is 0 Å². The van der Waals surface area contributed by atoms with Gasteiger partial charge >= 0.3 is 11.9 Å². The Hall–Kier alpha value is -1.99. The number of rotatable bonds is 4. The zero-order valence-electron chi connectivity index (χ0n) is 14.7. The molecule has 1 heterocycles. The number of hydrogen-bond acceptors (Lipinski definition) is 6. The Labute approximate surface area is 151 Å². The summed E-state index contributed by atoms with van der Waals surface area (Å²) in [4.78, 5) is 24.2. The highest BCUT2D eigenvalue weighted by Crippen LogP contribution is 2.32. The van der Waals surface area contributed by atoms with Gasteiger partial charge in [-0.25, -0.2) is 4.39 Å². The fourth-order valence-corrected chi connectivity index (χ4v) is 3.07. The standard InChI is InChI=1S/C19H24FNO5/c1-11-17(26-18(22)13-4-5-13)14(8-12-2-6-15(20)7-3-12)9-24-10-16(21)19(23)25-11/h2-3,6-7,11,13-14,16-17H,4-5,8-10,21H2,1H3/t11-,14-,16-,17-/m0/s1. The summed E-state index contributed by atoms with van der Waals surface area (Å²) < 4.78 is 29.9. The third-order valence-electron chi connectivity index (χ3n) is 4.74. The van der Waals surface area contributed by atoms with Gasteiger partial charge in [-0.05, 0) is 43.9 Å². The van der Waals surface area contributed by atoms with Gasteiger partial charge in [-0.3, -0.25) is 9.59 Å². The van der Waals surface area contributed by atoms with E-state index in [-0.39, 0.29) is 36.8 Å². The fourth-order valence-electron chi connectivity index (χ4n) is 3.07. The minimum atomic E-state index is -0.873. The van der Waals surface area contributed by atoms with Gasteiger partial charge in [0.25, 0.3) is 0 Å². The van der Waals surface area contributed by atoms with Crippen molar-refractivity contribution in [2.45, 2.75) is 44.4 Å². The van der Waals surface area contributed by atoms with Crippen LogP contribution in [0.5, 0.6) is 0 Å². The van der Waals surface area contributed by atoms with Crippen molar-refractivity contribution in [3.63, 3.8) is 0 Å². The van der Waals surface area contributed by atoms with E-state index in [0.717, 1.165) is 18.4 Å². The highest BCUT2D eigenvalue weighted by atomic mass is 19.1. The van der Waals surface area contributed by atoms with E-state index in [4.69, 9.17) is 19.9 Å². The fraction of sp³-hybridized carbons (Fsp3) is 0.579. The van der Waals surface area contributed by atoms with Gasteiger partial charge in [-0.15, -0.1) is 0 Å². The van der Waals surface area contributed by atoms with Crippen LogP contribution >= 0.6 is 0 Å². The maximum absolute atomic E-state index is 13.2. The minimum absolute atomic E-state index is 0.0365. The van der Waals surface area contributed by atoms with Crippen molar-refractivity contribution in [2.24, 2.45) is 17.6 Å². The van der Waals surface area contributed by atoms with Crippen LogP contribution in [0, 0.1) is 17.7 Å². The first-order valence-corrected chi connectivity index (χ1v) is 8.93. The molecule has 142 valence electrons. The van der Waals surface area contributed by atoms with Gasteiger partial charge in [0.1, 0.15) is 24.1 Å². The zero-order valence-corrected chi connectivity index (χ0v) is 14.7. The molecular formula is C19H24FNO5. The Morgan fingerprint density at radius 3 is 2.62 bits per heavy atom. The second kappa shape index (κ2) is 8.14. The molecule has 2 fully saturated rings. The second-order valence-corrected chi connectivity index (χ2v) is 7.05. The third-order valence-corrected chi connectivity index (χ3v) is 4.74. The molecule has 2 N–H and O–H groups in total. The topological polar surface area (TPSA) is 87.8 Å². The zero-order chi connectivity index (χ0) is 18.7. The lowest BCUT2D eigenvalue weighted by molar-refractivity contribution is -0.172. The summed E-state index contributed by atoms with van der Waals surface area (Å²) in [5, 5.41) is 0. The van der Waals surface area contributed by atoms with Crippen molar-refractivity contribution in [2.75, 3.05) is 13.2 Å². The molecule has 1 aromatic carbocycles. The predicted octanol–water partition coefficient (Wildman–Crippen LogP) is 1.60. The van der Waals surface area contributed by atoms with Gasteiger partial charge in [-0.1, -0.05) is 12.1 Å². The smallest absolute Gasteiger partial charge is 0.325 e. The molecule has 0 bridgehead atoms. The summed E-state index contributed by atoms with van der Waals surface area (Å²) in [7, 11) is 0. The first-order chi connectivity index (χ1) is 12.4. The molecule has 0 unspecified atom stereocenters. The highest BCUT2D eigenvalue weighted by molar-refractivity contribution is 5.76. The van der Waals surface area contributed by atoms with Crippen molar-refractivity contribution in [3.8, 4) is 0 Å². The van der Waals surface area contributed by atoms with E-state index < -0.39 is 24.2 Å². The number of cyclic esters (lactones) is 1. The first kappa shape index (κ1) is 18.8. The number of halogens is 1. The molecule has 3 rings (SSSR count). The van der Waals surface area contributed by atoms with Crippen LogP contribution in [-0.4, -0.2) is 43.4 Å². The molecule has 1 saturated heterocycles. The molecule has 1 saturated carbocycles. The van der Waals surface area contributed by atoms with Crippen LogP contribution < -0.4 is 5.73 Å². The molecule has 0 amide bonds. The van der Waals surface area contributed by atoms with Gasteiger partial charge in [0.05, 0.1) is 19.1 Å². The molecule has 1 aliphatic carbocycles. The molecule has 1 aliphatic heterocycles. The van der Waals surface area contributed by atoms with E-state index in [9.17, 15) is 14.0 Å². The van der Waals surface area contributed by atoms with Crippen LogP contribution in [-0.2, 0) is 30.2 Å². The molecule has 2 aliphatic rings. The van der Waals surface area contributed by atoms with Crippen LogP contribution in [0.1, 0.15) is 25.3 Å². The number of carbonyl (C=O) groups is 2. The first-order valence-electron chi connectivity index (χ1n) is 8.93. The van der Waals surface area contributed by atoms with E-state index in [2.05, 4.69) is 0 Å². The van der Waals surface area contributed by atoms with Gasteiger partial charge in [0, 0.05) is 5.92 Å². The number of benzene rings is 1. The van der Waals surface area contributed by atoms with Crippen LogP contribution in [0.15, 0.2) is 24.3 Å². The summed E-state index contributed by atoms with van der Waals surface area (Å²) in [6.07, 6.45) is 0.846. The molecular weight excluding hydrogens is 341 g/mol. The summed E-state index contributed by atoms with van der Waals surface area (Å²) in [5.74, 6) is -1.47. The Morgan fingerprint density at radius 1 is 1.27 bits per heavy atom. The van der Waals surface area contributed by atoms with Crippen LogP contribution in [0.3, 0.4) is 0 Å². The lowest BCUT2D eigenvalue weighted by Gasteiger charge is -2.30. The van der Waals surface area contributed by atoms with Crippen molar-refractivity contribution < 1.29 is 28.2 Å². The number of nitrogens with two attached hydrogens (primary N) is 1. The molecule has 1 aromatic rings. The third kappa shape index (κ3) is 4.80. The van der Waals surface area contributed by atoms with Crippen LogP contribution in [0.2, 0.25) is 0 Å². The molecule has 7 heteroatoms. The maximum atomic E-state index is 13.2. The van der Waals surface area contributed by atoms with E-state index in [1.54, 1.807) is 19.1 Å². The van der Waals surface area contributed by atoms with E-state index in [0.29, 0.717) is 6.42 Å². The summed E-state index contributed by atoms with van der Waals surface area (Å²) in [6, 6.07) is 5.27. The van der Waals surface area contributed by atoms with Crippen molar-refractivity contribution in [1.82, 2.24) is 0 Å². The second-order valence-electron chi connectivity index (χ2n) is 7.05. The van der Waals surface area contributed by atoms with Crippen molar-refractivity contribution in [3.05, 3.63) is 35.6 Å². The highest BCUT2D eigenvalue weighted by Gasteiger charge is 2.39. The Kier molecular flexibility index (Phi) is 5.88. The van der Waals surface area contributed by atoms with E-state index >= 15 is 0 Å². The molecule has 4 atom stereocenters. The molecule has 6 nitrogen and oxygen atoms in total. The van der Waals surface area contributed by atoms with Gasteiger partial charge < -0.3 is 19.9 Å². The van der Waals surface area contributed by atoms with Crippen LogP contribution in [0.4, 0.5) is 4.39 Å². The Morgan fingerprint density at radius 2 is 1.96 bits per heavy atom. The van der Waals surface area contributed by atoms with Gasteiger partial charge in [0.15, 0.2) is 0 Å². The predicted molar refractivity (Wildman–Crippen MR) is 90.5 cm³/mol. The molecule has 0 spiro atoms. The maximum Gasteiger partial charge on any atom is 0.325 e. The number of carbonyl (C=O) groups excluding carboxylic acids is 2. The Bertz CT molecular complexity index is 646. The van der Waals surface area contributed by atoms with Crippen molar-refractivity contribution in [1.29, 1.82) is 0 Å². The normalized spacial score (nSPS) is 29.9. The quantitative estimate of drug-likeness (QED) is 0.816. The lowest BCUT2D eigenvalue weighted by atomic mass is 9.91. The number of ether oxygens (including phenoxy) is 3. The van der Waals surface area contributed by atoms with E-state index in [1.807, 2.05) is 0 Å². The summed E-state index contributed by atoms with van der Waals surface area (Å²) in [5.41, 5.74) is 6.63. The molecule has 26 heavy (non-hydrogen) atoms. The number of hydrogen-bond donors (Lipinski definition) is 1. The largest absolute Gasteiger partial charge is 0.458 e. The average Bonchev–Trinajstić information content (AvgIpc) is 3.44. The van der Waals surface area contributed by atoms with Gasteiger partial charge in [-0.2, -0.15) is 0 Å². The monoisotopic (exact) mass is 365 g/mol. The average molecular weight is 365 g/mol. The summed E-state index contributed by atoms with van der Waals surface area (Å²) in [6.45, 7) is 1.99. The lowest BCUT2D eigenvalue weighted by Crippen LogP contribution is -2.43. The minimum Gasteiger partial charge on any atom is -0.458 e. The Balaban J connectivity index is 1.80. The van der Waals surface area contributed by atoms with E-state index in [1.165, 1.54) is 12.1 Å². The van der Waals surface area contributed by atoms with Gasteiger partial charge in [0.2, 0.25) is 0 Å². The number of esters is 2. The SMILES string of the molecule is C[C@@H]1OC(=O)[C@@H](N)COC[C@H](Cc2ccc(F)cc2)[C@H]1OC(=O)C1CC1. The molecule has 0 radical (unpaired) electrons.